The average Bonchev–Trinajstić information content (AvgIpc) is 3.57. The lowest BCUT2D eigenvalue weighted by atomic mass is 9.91. The standard InChI is InChI=1S/C27H28F9N5O/c1-40-38-24(37-39-40)41(14-17-9-20(26(31,32)33)13-21(10-17)27(34,35)36)15-18-12-19(25(28,29)30)7-8-22(18)23(42-2)11-16-5-3-4-6-16/h7-10,12-13,16,23H,3-6,11,14-15H2,1-2H3. The number of rotatable bonds is 9. The predicted molar refractivity (Wildman–Crippen MR) is 133 cm³/mol. The molecule has 0 aliphatic heterocycles. The minimum absolute atomic E-state index is 0.00548. The molecule has 6 nitrogen and oxygen atoms in total. The van der Waals surface area contributed by atoms with Crippen molar-refractivity contribution in [2.24, 2.45) is 13.0 Å². The lowest BCUT2D eigenvalue weighted by Gasteiger charge is -2.27. The second-order valence-corrected chi connectivity index (χ2v) is 10.4. The topological polar surface area (TPSA) is 56.1 Å². The molecule has 0 amide bonds. The first kappa shape index (κ1) is 31.6. The van der Waals surface area contributed by atoms with E-state index in [1.807, 2.05) is 0 Å². The van der Waals surface area contributed by atoms with Gasteiger partial charge in [-0.15, -0.1) is 5.10 Å². The molecule has 230 valence electrons. The summed E-state index contributed by atoms with van der Waals surface area (Å²) >= 11 is 0. The van der Waals surface area contributed by atoms with E-state index in [1.165, 1.54) is 25.1 Å². The maximum Gasteiger partial charge on any atom is 0.416 e. The van der Waals surface area contributed by atoms with Crippen molar-refractivity contribution < 1.29 is 44.3 Å². The SMILES string of the molecule is COC(CC1CCCC1)c1ccc(C(F)(F)F)cc1CN(Cc1cc(C(F)(F)F)cc(C(F)(F)F)c1)c1nnn(C)n1. The molecule has 0 saturated heterocycles. The fourth-order valence-corrected chi connectivity index (χ4v) is 5.27. The Bertz CT molecular complexity index is 1330. The molecule has 1 aliphatic carbocycles. The molecule has 2 aromatic carbocycles. The number of benzene rings is 2. The Morgan fingerprint density at radius 1 is 0.857 bits per heavy atom. The van der Waals surface area contributed by atoms with Crippen LogP contribution in [0.25, 0.3) is 0 Å². The summed E-state index contributed by atoms with van der Waals surface area (Å²) in [4.78, 5) is 2.20. The lowest BCUT2D eigenvalue weighted by Crippen LogP contribution is -2.26. The van der Waals surface area contributed by atoms with Gasteiger partial charge in [0.2, 0.25) is 0 Å². The molecule has 0 N–H and O–H groups in total. The number of methoxy groups -OCH3 is 1. The highest BCUT2D eigenvalue weighted by Crippen LogP contribution is 2.40. The van der Waals surface area contributed by atoms with Gasteiger partial charge in [0.05, 0.1) is 29.8 Å². The molecule has 42 heavy (non-hydrogen) atoms. The van der Waals surface area contributed by atoms with Crippen molar-refractivity contribution in [3.05, 3.63) is 69.8 Å². The molecular weight excluding hydrogens is 581 g/mol. The first-order chi connectivity index (χ1) is 19.5. The summed E-state index contributed by atoms with van der Waals surface area (Å²) in [5.41, 5.74) is -3.86. The molecule has 15 heteroatoms. The van der Waals surface area contributed by atoms with Crippen LogP contribution in [0.5, 0.6) is 0 Å². The number of ether oxygens (including phenoxy) is 1. The number of hydrogen-bond donors (Lipinski definition) is 0. The zero-order valence-corrected chi connectivity index (χ0v) is 22.6. The minimum atomic E-state index is -5.08. The van der Waals surface area contributed by atoms with Crippen molar-refractivity contribution in [3.63, 3.8) is 0 Å². The van der Waals surface area contributed by atoms with E-state index in [9.17, 15) is 39.5 Å². The monoisotopic (exact) mass is 609 g/mol. The quantitative estimate of drug-likeness (QED) is 0.233. The molecule has 0 radical (unpaired) electrons. The van der Waals surface area contributed by atoms with Crippen LogP contribution in [0.2, 0.25) is 0 Å². The molecule has 0 bridgehead atoms. The highest BCUT2D eigenvalue weighted by Gasteiger charge is 2.37. The number of anilines is 1. The van der Waals surface area contributed by atoms with E-state index in [-0.39, 0.29) is 24.1 Å². The van der Waals surface area contributed by atoms with E-state index in [0.29, 0.717) is 30.0 Å². The van der Waals surface area contributed by atoms with Crippen LogP contribution in [0.1, 0.15) is 71.6 Å². The third-order valence-corrected chi connectivity index (χ3v) is 7.29. The maximum absolute atomic E-state index is 13.7. The van der Waals surface area contributed by atoms with Crippen LogP contribution < -0.4 is 4.90 Å². The number of alkyl halides is 9. The van der Waals surface area contributed by atoms with Gasteiger partial charge in [-0.25, -0.2) is 0 Å². The van der Waals surface area contributed by atoms with Gasteiger partial charge in [-0.05, 0) is 64.6 Å². The van der Waals surface area contributed by atoms with Gasteiger partial charge in [0, 0.05) is 20.2 Å². The van der Waals surface area contributed by atoms with E-state index in [4.69, 9.17) is 4.74 Å². The van der Waals surface area contributed by atoms with Crippen molar-refractivity contribution in [2.75, 3.05) is 12.0 Å². The third-order valence-electron chi connectivity index (χ3n) is 7.29. The fourth-order valence-electron chi connectivity index (χ4n) is 5.27. The number of aromatic nitrogens is 4. The Hall–Kier alpha value is -3.36. The molecule has 1 aromatic heterocycles. The van der Waals surface area contributed by atoms with Gasteiger partial charge >= 0.3 is 18.5 Å². The Morgan fingerprint density at radius 2 is 1.45 bits per heavy atom. The number of aryl methyl sites for hydroxylation is 1. The molecular formula is C27H28F9N5O. The van der Waals surface area contributed by atoms with Gasteiger partial charge in [0.25, 0.3) is 5.95 Å². The van der Waals surface area contributed by atoms with Crippen molar-refractivity contribution in [1.29, 1.82) is 0 Å². The average molecular weight is 610 g/mol. The summed E-state index contributed by atoms with van der Waals surface area (Å²) < 4.78 is 128. The maximum atomic E-state index is 13.7. The van der Waals surface area contributed by atoms with Crippen molar-refractivity contribution >= 4 is 5.95 Å². The first-order valence-electron chi connectivity index (χ1n) is 13.0. The number of hydrogen-bond acceptors (Lipinski definition) is 5. The van der Waals surface area contributed by atoms with Gasteiger partial charge in [-0.2, -0.15) is 44.3 Å². The Morgan fingerprint density at radius 3 is 1.95 bits per heavy atom. The molecule has 0 spiro atoms. The Labute approximate surface area is 235 Å². The van der Waals surface area contributed by atoms with Crippen LogP contribution in [0, 0.1) is 5.92 Å². The largest absolute Gasteiger partial charge is 0.416 e. The van der Waals surface area contributed by atoms with Crippen molar-refractivity contribution in [1.82, 2.24) is 20.2 Å². The van der Waals surface area contributed by atoms with Crippen molar-refractivity contribution in [3.8, 4) is 0 Å². The number of tetrazole rings is 1. The lowest BCUT2D eigenvalue weighted by molar-refractivity contribution is -0.143. The summed E-state index contributed by atoms with van der Waals surface area (Å²) in [7, 11) is 2.82. The van der Waals surface area contributed by atoms with E-state index in [0.717, 1.165) is 42.6 Å². The van der Waals surface area contributed by atoms with Gasteiger partial charge < -0.3 is 9.64 Å². The highest BCUT2D eigenvalue weighted by atomic mass is 19.4. The van der Waals surface area contributed by atoms with Crippen LogP contribution >= 0.6 is 0 Å². The summed E-state index contributed by atoms with van der Waals surface area (Å²) in [6, 6.07) is 4.26. The van der Waals surface area contributed by atoms with E-state index < -0.39 is 53.4 Å². The van der Waals surface area contributed by atoms with Crippen LogP contribution in [-0.4, -0.2) is 27.3 Å². The van der Waals surface area contributed by atoms with Gasteiger partial charge in [-0.1, -0.05) is 36.8 Å². The zero-order valence-electron chi connectivity index (χ0n) is 22.6. The van der Waals surface area contributed by atoms with E-state index >= 15 is 0 Å². The second-order valence-electron chi connectivity index (χ2n) is 10.4. The third kappa shape index (κ3) is 7.72. The molecule has 4 rings (SSSR count). The van der Waals surface area contributed by atoms with Crippen LogP contribution in [0.15, 0.2) is 36.4 Å². The molecule has 1 saturated carbocycles. The number of nitrogens with zero attached hydrogens (tertiary/aromatic N) is 5. The summed E-state index contributed by atoms with van der Waals surface area (Å²) in [6.07, 6.45) is -11.0. The Balaban J connectivity index is 1.79. The van der Waals surface area contributed by atoms with Gasteiger partial charge in [-0.3, -0.25) is 0 Å². The zero-order chi connectivity index (χ0) is 30.9. The smallest absolute Gasteiger partial charge is 0.377 e. The minimum Gasteiger partial charge on any atom is -0.377 e. The molecule has 1 aliphatic rings. The van der Waals surface area contributed by atoms with Crippen molar-refractivity contribution in [2.45, 2.75) is 69.8 Å². The Kier molecular flexibility index (Phi) is 9.09. The molecule has 1 heterocycles. The second kappa shape index (κ2) is 12.1. The molecule has 3 aromatic rings. The summed E-state index contributed by atoms with van der Waals surface area (Å²) in [6.45, 7) is -0.971. The fraction of sp³-hybridized carbons (Fsp3) is 0.519. The normalized spacial score (nSPS) is 15.8. The van der Waals surface area contributed by atoms with Gasteiger partial charge in [0.15, 0.2) is 0 Å². The summed E-state index contributed by atoms with van der Waals surface area (Å²) in [5.74, 6) is 0.102. The van der Waals surface area contributed by atoms with E-state index in [1.54, 1.807) is 0 Å². The first-order valence-corrected chi connectivity index (χ1v) is 13.0. The predicted octanol–water partition coefficient (Wildman–Crippen LogP) is 7.74. The van der Waals surface area contributed by atoms with E-state index in [2.05, 4.69) is 15.4 Å². The van der Waals surface area contributed by atoms with Crippen LogP contribution in [0.3, 0.4) is 0 Å². The van der Waals surface area contributed by atoms with Crippen LogP contribution in [0.4, 0.5) is 45.5 Å². The highest BCUT2D eigenvalue weighted by molar-refractivity contribution is 5.41. The molecule has 1 unspecified atom stereocenters. The molecule has 1 atom stereocenters. The molecule has 1 fully saturated rings. The number of halogens is 9. The summed E-state index contributed by atoms with van der Waals surface area (Å²) in [5, 5.41) is 11.5. The van der Waals surface area contributed by atoms with Gasteiger partial charge in [0.1, 0.15) is 0 Å². The van der Waals surface area contributed by atoms with Crippen LogP contribution in [-0.2, 0) is 43.4 Å².